The SMILES string of the molecule is COc1cccc(C(=O)N2CCC(N(Cc3ccc([N+](=O)[O-])cc3)CC3CCCO3)C[C@@H]2C(=O)NCCN)c1. The van der Waals surface area contributed by atoms with Gasteiger partial charge in [-0.2, -0.15) is 0 Å². The lowest BCUT2D eigenvalue weighted by Crippen LogP contribution is -2.58. The van der Waals surface area contributed by atoms with Crippen LogP contribution in [0.2, 0.25) is 0 Å². The van der Waals surface area contributed by atoms with Crippen molar-refractivity contribution >= 4 is 17.5 Å². The van der Waals surface area contributed by atoms with Crippen LogP contribution in [0.15, 0.2) is 48.5 Å². The van der Waals surface area contributed by atoms with E-state index in [1.54, 1.807) is 48.4 Å². The van der Waals surface area contributed by atoms with Crippen LogP contribution in [0.4, 0.5) is 5.69 Å². The summed E-state index contributed by atoms with van der Waals surface area (Å²) >= 11 is 0. The number of likely N-dealkylation sites (tertiary alicyclic amines) is 1. The zero-order valence-electron chi connectivity index (χ0n) is 22.3. The number of methoxy groups -OCH3 is 1. The molecule has 0 spiro atoms. The van der Waals surface area contributed by atoms with Crippen LogP contribution in [0.1, 0.15) is 41.6 Å². The van der Waals surface area contributed by atoms with E-state index in [0.29, 0.717) is 56.9 Å². The second-order valence-corrected chi connectivity index (χ2v) is 9.99. The van der Waals surface area contributed by atoms with Crippen LogP contribution >= 0.6 is 0 Å². The third kappa shape index (κ3) is 7.31. The van der Waals surface area contributed by atoms with Crippen molar-refractivity contribution in [3.8, 4) is 5.75 Å². The topological polar surface area (TPSA) is 140 Å². The summed E-state index contributed by atoms with van der Waals surface area (Å²) in [6, 6.07) is 12.8. The van der Waals surface area contributed by atoms with Crippen LogP contribution < -0.4 is 15.8 Å². The summed E-state index contributed by atoms with van der Waals surface area (Å²) < 4.78 is 11.2. The number of carbonyl (C=O) groups is 2. The molecule has 0 aliphatic carbocycles. The first kappa shape index (κ1) is 28.5. The molecule has 2 saturated heterocycles. The number of ether oxygens (including phenoxy) is 2. The van der Waals surface area contributed by atoms with E-state index in [1.807, 2.05) is 0 Å². The molecule has 3 N–H and O–H groups in total. The number of nitrogens with two attached hydrogens (primary N) is 1. The number of nitro groups is 1. The molecule has 2 aromatic rings. The highest BCUT2D eigenvalue weighted by Crippen LogP contribution is 2.28. The van der Waals surface area contributed by atoms with Gasteiger partial charge >= 0.3 is 0 Å². The molecule has 2 amide bonds. The van der Waals surface area contributed by atoms with E-state index < -0.39 is 11.0 Å². The lowest BCUT2D eigenvalue weighted by atomic mass is 9.93. The first-order valence-corrected chi connectivity index (χ1v) is 13.4. The average molecular weight is 540 g/mol. The van der Waals surface area contributed by atoms with Gasteiger partial charge in [0.25, 0.3) is 11.6 Å². The average Bonchev–Trinajstić information content (AvgIpc) is 3.48. The standard InChI is InChI=1S/C28H37N5O6/c1-38-24-5-2-4-21(16-24)28(35)32-14-11-23(17-26(32)27(34)30-13-12-29)31(19-25-6-3-15-39-25)18-20-7-9-22(10-8-20)33(36)37/h2,4-5,7-10,16,23,25-26H,3,6,11-15,17-19,29H2,1H3,(H,30,34)/t23?,25?,26-/m1/s1. The Balaban J connectivity index is 1.56. The second-order valence-electron chi connectivity index (χ2n) is 9.99. The maximum Gasteiger partial charge on any atom is 0.269 e. The molecule has 2 heterocycles. The van der Waals surface area contributed by atoms with Crippen molar-refractivity contribution in [1.29, 1.82) is 0 Å². The maximum absolute atomic E-state index is 13.6. The third-order valence-electron chi connectivity index (χ3n) is 7.41. The summed E-state index contributed by atoms with van der Waals surface area (Å²) in [5.41, 5.74) is 7.09. The molecule has 2 aliphatic rings. The monoisotopic (exact) mass is 539 g/mol. The Morgan fingerprint density at radius 3 is 2.69 bits per heavy atom. The minimum atomic E-state index is -0.669. The smallest absolute Gasteiger partial charge is 0.269 e. The number of carbonyl (C=O) groups excluding carboxylic acids is 2. The second kappa shape index (κ2) is 13.5. The molecule has 3 atom stereocenters. The van der Waals surface area contributed by atoms with Crippen LogP contribution in [0.5, 0.6) is 5.75 Å². The number of rotatable bonds is 11. The predicted octanol–water partition coefficient (Wildman–Crippen LogP) is 2.33. The van der Waals surface area contributed by atoms with Crippen molar-refractivity contribution in [3.63, 3.8) is 0 Å². The van der Waals surface area contributed by atoms with Gasteiger partial charge in [-0.15, -0.1) is 0 Å². The van der Waals surface area contributed by atoms with Crippen molar-refractivity contribution in [1.82, 2.24) is 15.1 Å². The van der Waals surface area contributed by atoms with Gasteiger partial charge in [-0.05, 0) is 49.4 Å². The fourth-order valence-corrected chi connectivity index (χ4v) is 5.36. The Morgan fingerprint density at radius 1 is 1.23 bits per heavy atom. The van der Waals surface area contributed by atoms with Gasteiger partial charge in [0, 0.05) is 63.1 Å². The number of nitrogens with zero attached hydrogens (tertiary/aromatic N) is 3. The number of hydrogen-bond donors (Lipinski definition) is 2. The molecule has 11 heteroatoms. The number of nitrogens with one attached hydrogen (secondary N) is 1. The van der Waals surface area contributed by atoms with E-state index in [9.17, 15) is 19.7 Å². The van der Waals surface area contributed by atoms with E-state index >= 15 is 0 Å². The highest BCUT2D eigenvalue weighted by molar-refractivity contribution is 5.98. The van der Waals surface area contributed by atoms with Gasteiger partial charge in [-0.3, -0.25) is 24.6 Å². The Kier molecular flexibility index (Phi) is 9.85. The van der Waals surface area contributed by atoms with Crippen LogP contribution in [-0.2, 0) is 16.1 Å². The first-order valence-electron chi connectivity index (χ1n) is 13.4. The van der Waals surface area contributed by atoms with E-state index in [0.717, 1.165) is 25.0 Å². The molecule has 2 fully saturated rings. The van der Waals surface area contributed by atoms with Gasteiger partial charge in [0.15, 0.2) is 0 Å². The summed E-state index contributed by atoms with van der Waals surface area (Å²) in [4.78, 5) is 41.5. The van der Waals surface area contributed by atoms with Crippen LogP contribution in [0.3, 0.4) is 0 Å². The molecule has 0 aromatic heterocycles. The Bertz CT molecular complexity index is 1140. The lowest BCUT2D eigenvalue weighted by Gasteiger charge is -2.43. The fraction of sp³-hybridized carbons (Fsp3) is 0.500. The van der Waals surface area contributed by atoms with Crippen molar-refractivity contribution in [2.75, 3.05) is 39.9 Å². The minimum Gasteiger partial charge on any atom is -0.497 e. The molecule has 0 bridgehead atoms. The summed E-state index contributed by atoms with van der Waals surface area (Å²) in [6.45, 7) is 3.00. The summed E-state index contributed by atoms with van der Waals surface area (Å²) in [6.07, 6.45) is 3.18. The number of hydrogen-bond acceptors (Lipinski definition) is 8. The molecular weight excluding hydrogens is 502 g/mol. The molecule has 0 radical (unpaired) electrons. The number of non-ortho nitro benzene ring substituents is 1. The predicted molar refractivity (Wildman–Crippen MR) is 145 cm³/mol. The van der Waals surface area contributed by atoms with Gasteiger partial charge in [-0.25, -0.2) is 0 Å². The molecule has 210 valence electrons. The zero-order chi connectivity index (χ0) is 27.8. The fourth-order valence-electron chi connectivity index (χ4n) is 5.36. The van der Waals surface area contributed by atoms with Gasteiger partial charge in [0.1, 0.15) is 11.8 Å². The zero-order valence-corrected chi connectivity index (χ0v) is 22.3. The summed E-state index contributed by atoms with van der Waals surface area (Å²) in [7, 11) is 1.55. The van der Waals surface area contributed by atoms with E-state index in [4.69, 9.17) is 15.2 Å². The van der Waals surface area contributed by atoms with Crippen LogP contribution in [0, 0.1) is 10.1 Å². The number of benzene rings is 2. The van der Waals surface area contributed by atoms with Gasteiger partial charge in [0.2, 0.25) is 5.91 Å². The number of piperidine rings is 1. The van der Waals surface area contributed by atoms with Gasteiger partial charge < -0.3 is 25.4 Å². The molecule has 2 aromatic carbocycles. The summed E-state index contributed by atoms with van der Waals surface area (Å²) in [5.74, 6) is 0.126. The molecule has 39 heavy (non-hydrogen) atoms. The molecule has 2 aliphatic heterocycles. The van der Waals surface area contributed by atoms with Gasteiger partial charge in [-0.1, -0.05) is 18.2 Å². The van der Waals surface area contributed by atoms with Gasteiger partial charge in [0.05, 0.1) is 18.1 Å². The van der Waals surface area contributed by atoms with Crippen molar-refractivity contribution in [2.45, 2.75) is 50.4 Å². The van der Waals surface area contributed by atoms with E-state index in [-0.39, 0.29) is 29.6 Å². The van der Waals surface area contributed by atoms with E-state index in [1.165, 1.54) is 12.1 Å². The van der Waals surface area contributed by atoms with Crippen molar-refractivity contribution in [3.05, 3.63) is 69.8 Å². The Labute approximate surface area is 228 Å². The van der Waals surface area contributed by atoms with Crippen LogP contribution in [0.25, 0.3) is 0 Å². The minimum absolute atomic E-state index is 0.00683. The highest BCUT2D eigenvalue weighted by atomic mass is 16.6. The lowest BCUT2D eigenvalue weighted by molar-refractivity contribution is -0.384. The van der Waals surface area contributed by atoms with Crippen LogP contribution in [-0.4, -0.2) is 84.6 Å². The number of amides is 2. The molecule has 4 rings (SSSR count). The largest absolute Gasteiger partial charge is 0.497 e. The number of nitro benzene ring substituents is 1. The third-order valence-corrected chi connectivity index (χ3v) is 7.41. The van der Waals surface area contributed by atoms with E-state index in [2.05, 4.69) is 10.2 Å². The quantitative estimate of drug-likeness (QED) is 0.328. The molecule has 2 unspecified atom stereocenters. The Morgan fingerprint density at radius 2 is 2.03 bits per heavy atom. The Hall–Kier alpha value is -3.54. The molecular formula is C28H37N5O6. The summed E-state index contributed by atoms with van der Waals surface area (Å²) in [5, 5.41) is 14.0. The highest BCUT2D eigenvalue weighted by Gasteiger charge is 2.39. The normalized spacial score (nSPS) is 21.1. The van der Waals surface area contributed by atoms with Crippen molar-refractivity contribution < 1.29 is 24.0 Å². The molecule has 11 nitrogen and oxygen atoms in total. The van der Waals surface area contributed by atoms with Crippen molar-refractivity contribution in [2.24, 2.45) is 5.73 Å². The first-order chi connectivity index (χ1) is 18.9. The maximum atomic E-state index is 13.6. The molecule has 0 saturated carbocycles.